The molecular formula is C16H25N3. The lowest BCUT2D eigenvalue weighted by Gasteiger charge is -2.20. The van der Waals surface area contributed by atoms with Crippen LogP contribution in [0, 0.1) is 5.92 Å². The second-order valence-electron chi connectivity index (χ2n) is 5.98. The summed E-state index contributed by atoms with van der Waals surface area (Å²) in [5, 5.41) is 0. The van der Waals surface area contributed by atoms with Crippen molar-refractivity contribution in [3.8, 4) is 0 Å². The van der Waals surface area contributed by atoms with Gasteiger partial charge in [0.1, 0.15) is 5.82 Å². The van der Waals surface area contributed by atoms with Gasteiger partial charge in [-0.15, -0.1) is 0 Å². The van der Waals surface area contributed by atoms with Crippen molar-refractivity contribution in [1.82, 2.24) is 9.55 Å². The second kappa shape index (κ2) is 5.74. The van der Waals surface area contributed by atoms with Crippen LogP contribution in [0.5, 0.6) is 0 Å². The Morgan fingerprint density at radius 3 is 2.42 bits per heavy atom. The molecule has 104 valence electrons. The Morgan fingerprint density at radius 2 is 1.84 bits per heavy atom. The van der Waals surface area contributed by atoms with Crippen molar-refractivity contribution in [3.63, 3.8) is 0 Å². The average Bonchev–Trinajstić information content (AvgIpc) is 2.74. The van der Waals surface area contributed by atoms with E-state index in [9.17, 15) is 0 Å². The minimum absolute atomic E-state index is 0.342. The van der Waals surface area contributed by atoms with Gasteiger partial charge in [0, 0.05) is 18.5 Å². The summed E-state index contributed by atoms with van der Waals surface area (Å²) in [6.07, 6.45) is 1.09. The molecule has 2 N–H and O–H groups in total. The van der Waals surface area contributed by atoms with E-state index in [1.165, 1.54) is 5.52 Å². The fourth-order valence-electron chi connectivity index (χ4n) is 2.77. The first-order valence-electron chi connectivity index (χ1n) is 7.21. The normalized spacial score (nSPS) is 13.6. The van der Waals surface area contributed by atoms with Crippen LogP contribution in [0.25, 0.3) is 11.0 Å². The predicted octanol–water partition coefficient (Wildman–Crippen LogP) is 3.71. The van der Waals surface area contributed by atoms with Gasteiger partial charge in [-0.05, 0) is 38.3 Å². The molecular weight excluding hydrogens is 234 g/mol. The van der Waals surface area contributed by atoms with Gasteiger partial charge in [-0.1, -0.05) is 26.0 Å². The quantitative estimate of drug-likeness (QED) is 0.889. The van der Waals surface area contributed by atoms with Crippen LogP contribution in [-0.2, 0) is 0 Å². The first-order chi connectivity index (χ1) is 9.04. The number of hydrogen-bond acceptors (Lipinski definition) is 2. The maximum atomic E-state index is 5.99. The Morgan fingerprint density at radius 1 is 1.16 bits per heavy atom. The van der Waals surface area contributed by atoms with Gasteiger partial charge in [-0.2, -0.15) is 0 Å². The molecule has 0 radical (unpaired) electrons. The minimum atomic E-state index is 0.342. The summed E-state index contributed by atoms with van der Waals surface area (Å²) in [6, 6.07) is 8.76. The summed E-state index contributed by atoms with van der Waals surface area (Å²) in [5.41, 5.74) is 8.29. The summed E-state index contributed by atoms with van der Waals surface area (Å²) in [4.78, 5) is 4.84. The first-order valence-corrected chi connectivity index (χ1v) is 7.21. The SMILES string of the molecule is CC(C)CC(CN)c1nc2ccccc2n1C(C)C. The highest BCUT2D eigenvalue weighted by Gasteiger charge is 2.21. The largest absolute Gasteiger partial charge is 0.330 e. The van der Waals surface area contributed by atoms with Crippen molar-refractivity contribution >= 4 is 11.0 Å². The van der Waals surface area contributed by atoms with E-state index < -0.39 is 0 Å². The Hall–Kier alpha value is -1.35. The van der Waals surface area contributed by atoms with E-state index in [4.69, 9.17) is 10.7 Å². The lowest BCUT2D eigenvalue weighted by molar-refractivity contribution is 0.459. The Labute approximate surface area is 115 Å². The number of para-hydroxylation sites is 2. The molecule has 0 saturated carbocycles. The van der Waals surface area contributed by atoms with Crippen LogP contribution in [0.1, 0.15) is 51.9 Å². The van der Waals surface area contributed by atoms with Gasteiger partial charge >= 0.3 is 0 Å². The summed E-state index contributed by atoms with van der Waals surface area (Å²) in [6.45, 7) is 9.56. The highest BCUT2D eigenvalue weighted by molar-refractivity contribution is 5.76. The zero-order valence-electron chi connectivity index (χ0n) is 12.4. The van der Waals surface area contributed by atoms with Gasteiger partial charge in [0.05, 0.1) is 11.0 Å². The zero-order valence-corrected chi connectivity index (χ0v) is 12.4. The summed E-state index contributed by atoms with van der Waals surface area (Å²) >= 11 is 0. The van der Waals surface area contributed by atoms with Crippen molar-refractivity contribution in [2.24, 2.45) is 11.7 Å². The van der Waals surface area contributed by atoms with Crippen molar-refractivity contribution in [2.75, 3.05) is 6.54 Å². The van der Waals surface area contributed by atoms with E-state index in [0.29, 0.717) is 24.4 Å². The zero-order chi connectivity index (χ0) is 14.0. The maximum absolute atomic E-state index is 5.99. The van der Waals surface area contributed by atoms with E-state index >= 15 is 0 Å². The van der Waals surface area contributed by atoms with Gasteiger partial charge in [-0.3, -0.25) is 0 Å². The molecule has 0 bridgehead atoms. The molecule has 19 heavy (non-hydrogen) atoms. The number of fused-ring (bicyclic) bond motifs is 1. The number of nitrogens with zero attached hydrogens (tertiary/aromatic N) is 2. The van der Waals surface area contributed by atoms with Crippen molar-refractivity contribution in [1.29, 1.82) is 0 Å². The first kappa shape index (κ1) is 14.1. The molecule has 1 heterocycles. The van der Waals surface area contributed by atoms with Crippen LogP contribution in [-0.4, -0.2) is 16.1 Å². The van der Waals surface area contributed by atoms with Crippen LogP contribution in [0.4, 0.5) is 0 Å². The predicted molar refractivity (Wildman–Crippen MR) is 81.4 cm³/mol. The summed E-state index contributed by atoms with van der Waals surface area (Å²) < 4.78 is 2.34. The molecule has 0 amide bonds. The van der Waals surface area contributed by atoms with Crippen molar-refractivity contribution in [2.45, 2.75) is 46.1 Å². The van der Waals surface area contributed by atoms with Crippen LogP contribution < -0.4 is 5.73 Å². The van der Waals surface area contributed by atoms with Crippen LogP contribution >= 0.6 is 0 Å². The maximum Gasteiger partial charge on any atom is 0.114 e. The number of benzene rings is 1. The average molecular weight is 259 g/mol. The minimum Gasteiger partial charge on any atom is -0.330 e. The molecule has 0 aliphatic carbocycles. The topological polar surface area (TPSA) is 43.8 Å². The van der Waals surface area contributed by atoms with E-state index in [1.807, 2.05) is 6.07 Å². The van der Waals surface area contributed by atoms with E-state index in [0.717, 1.165) is 17.8 Å². The third-order valence-electron chi connectivity index (χ3n) is 3.55. The molecule has 3 heteroatoms. The van der Waals surface area contributed by atoms with Gasteiger partial charge in [0.25, 0.3) is 0 Å². The van der Waals surface area contributed by atoms with E-state index in [1.54, 1.807) is 0 Å². The number of imidazole rings is 1. The molecule has 3 nitrogen and oxygen atoms in total. The molecule has 1 aromatic heterocycles. The van der Waals surface area contributed by atoms with Crippen LogP contribution in [0.3, 0.4) is 0 Å². The highest BCUT2D eigenvalue weighted by atomic mass is 15.1. The number of rotatable bonds is 5. The standard InChI is InChI=1S/C16H25N3/c1-11(2)9-13(10-17)16-18-14-7-5-6-8-15(14)19(16)12(3)4/h5-8,11-13H,9-10,17H2,1-4H3. The Balaban J connectivity index is 2.54. The van der Waals surface area contributed by atoms with Crippen molar-refractivity contribution in [3.05, 3.63) is 30.1 Å². The van der Waals surface area contributed by atoms with Gasteiger partial charge in [0.15, 0.2) is 0 Å². The van der Waals surface area contributed by atoms with Gasteiger partial charge in [-0.25, -0.2) is 4.98 Å². The molecule has 1 atom stereocenters. The fourth-order valence-corrected chi connectivity index (χ4v) is 2.77. The number of hydrogen-bond donors (Lipinski definition) is 1. The van der Waals surface area contributed by atoms with Crippen molar-refractivity contribution < 1.29 is 0 Å². The molecule has 0 saturated heterocycles. The van der Waals surface area contributed by atoms with E-state index in [-0.39, 0.29) is 0 Å². The van der Waals surface area contributed by atoms with E-state index in [2.05, 4.69) is 50.5 Å². The lowest BCUT2D eigenvalue weighted by atomic mass is 9.96. The molecule has 2 aromatic rings. The monoisotopic (exact) mass is 259 g/mol. The Kier molecular flexibility index (Phi) is 4.25. The number of nitrogens with two attached hydrogens (primary N) is 1. The molecule has 0 fully saturated rings. The lowest BCUT2D eigenvalue weighted by Crippen LogP contribution is -2.20. The molecule has 1 unspecified atom stereocenters. The molecule has 2 rings (SSSR count). The second-order valence-corrected chi connectivity index (χ2v) is 5.98. The Bertz CT molecular complexity index is 540. The summed E-state index contributed by atoms with van der Waals surface area (Å²) in [7, 11) is 0. The van der Waals surface area contributed by atoms with Crippen LogP contribution in [0.2, 0.25) is 0 Å². The molecule has 0 aliphatic heterocycles. The van der Waals surface area contributed by atoms with Gasteiger partial charge < -0.3 is 10.3 Å². The third-order valence-corrected chi connectivity index (χ3v) is 3.55. The molecule has 0 spiro atoms. The third kappa shape index (κ3) is 2.81. The summed E-state index contributed by atoms with van der Waals surface area (Å²) in [5.74, 6) is 2.12. The molecule has 0 aliphatic rings. The van der Waals surface area contributed by atoms with Gasteiger partial charge in [0.2, 0.25) is 0 Å². The fraction of sp³-hybridized carbons (Fsp3) is 0.562. The smallest absolute Gasteiger partial charge is 0.114 e. The van der Waals surface area contributed by atoms with Crippen LogP contribution in [0.15, 0.2) is 24.3 Å². The molecule has 1 aromatic carbocycles. The number of aromatic nitrogens is 2. The highest BCUT2D eigenvalue weighted by Crippen LogP contribution is 2.29.